The molecule has 1 aliphatic carbocycles. The summed E-state index contributed by atoms with van der Waals surface area (Å²) in [6.07, 6.45) is 3.98. The quantitative estimate of drug-likeness (QED) is 0.652. The van der Waals surface area contributed by atoms with Gasteiger partial charge in [0.2, 0.25) is 0 Å². The average Bonchev–Trinajstić information content (AvgIpc) is 1.81. The van der Waals surface area contributed by atoms with Gasteiger partial charge in [0.1, 0.15) is 0 Å². The van der Waals surface area contributed by atoms with Gasteiger partial charge >= 0.3 is 0 Å². The van der Waals surface area contributed by atoms with Crippen LogP contribution in [0, 0.1) is 0 Å². The van der Waals surface area contributed by atoms with Crippen molar-refractivity contribution in [2.24, 2.45) is 0 Å². The lowest BCUT2D eigenvalue weighted by Crippen LogP contribution is -2.37. The molecule has 0 aromatic carbocycles. The molecular weight excluding hydrogens is 180 g/mol. The molecule has 1 aliphatic rings. The van der Waals surface area contributed by atoms with Crippen molar-refractivity contribution in [3.05, 3.63) is 0 Å². The third kappa shape index (κ3) is 3.08. The van der Waals surface area contributed by atoms with Crippen LogP contribution in [0.15, 0.2) is 0 Å². The lowest BCUT2D eigenvalue weighted by Gasteiger charge is -2.36. The highest BCUT2D eigenvalue weighted by molar-refractivity contribution is 7.85. The molecule has 0 aliphatic heterocycles. The average molecular weight is 194 g/mol. The smallest absolute Gasteiger partial charge is 0.264 e. The Bertz CT molecular complexity index is 240. The second-order valence-electron chi connectivity index (χ2n) is 3.35. The molecule has 72 valence electrons. The van der Waals surface area contributed by atoms with Crippen molar-refractivity contribution >= 4 is 10.1 Å². The Morgan fingerprint density at radius 1 is 1.50 bits per heavy atom. The molecule has 0 aromatic rings. The van der Waals surface area contributed by atoms with Crippen LogP contribution in [-0.2, 0) is 14.3 Å². The van der Waals surface area contributed by atoms with Crippen LogP contribution in [0.1, 0.15) is 25.7 Å². The zero-order valence-corrected chi connectivity index (χ0v) is 7.93. The number of hydrogen-bond donors (Lipinski definition) is 1. The van der Waals surface area contributed by atoms with Gasteiger partial charge in [-0.25, -0.2) is 0 Å². The Balaban J connectivity index is 2.18. The van der Waals surface area contributed by atoms with E-state index >= 15 is 0 Å². The van der Waals surface area contributed by atoms with E-state index in [1.807, 2.05) is 0 Å². The van der Waals surface area contributed by atoms with E-state index in [4.69, 9.17) is 0 Å². The van der Waals surface area contributed by atoms with Crippen molar-refractivity contribution < 1.29 is 17.7 Å². The zero-order valence-electron chi connectivity index (χ0n) is 7.12. The molecule has 1 fully saturated rings. The zero-order chi connectivity index (χ0) is 9.24. The number of rotatable bonds is 4. The maximum atomic E-state index is 10.5. The molecule has 0 bridgehead atoms. The summed E-state index contributed by atoms with van der Waals surface area (Å²) in [7, 11) is -3.34. The third-order valence-corrected chi connectivity index (χ3v) is 2.74. The Kier molecular flexibility index (Phi) is 2.75. The van der Waals surface area contributed by atoms with Gasteiger partial charge in [0.25, 0.3) is 10.1 Å². The van der Waals surface area contributed by atoms with Crippen LogP contribution in [0.4, 0.5) is 0 Å². The highest BCUT2D eigenvalue weighted by atomic mass is 32.2. The minimum atomic E-state index is -3.34. The van der Waals surface area contributed by atoms with E-state index in [-0.39, 0.29) is 6.61 Å². The Hall–Kier alpha value is -0.130. The molecule has 0 aromatic heterocycles. The van der Waals surface area contributed by atoms with Crippen molar-refractivity contribution in [2.45, 2.75) is 31.3 Å². The second-order valence-corrected chi connectivity index (χ2v) is 5.00. The van der Waals surface area contributed by atoms with Crippen LogP contribution in [-0.4, -0.2) is 32.0 Å². The fourth-order valence-corrected chi connectivity index (χ4v) is 1.60. The molecule has 0 atom stereocenters. The number of aliphatic hydroxyl groups is 1. The van der Waals surface area contributed by atoms with Crippen LogP contribution in [0.3, 0.4) is 0 Å². The Morgan fingerprint density at radius 3 is 2.42 bits per heavy atom. The molecule has 0 spiro atoms. The Labute approximate surface area is 72.7 Å². The molecule has 0 unspecified atom stereocenters. The predicted octanol–water partition coefficient (Wildman–Crippen LogP) is 0.268. The van der Waals surface area contributed by atoms with E-state index in [2.05, 4.69) is 4.18 Å². The molecule has 5 heteroatoms. The highest BCUT2D eigenvalue weighted by Crippen LogP contribution is 2.34. The van der Waals surface area contributed by atoms with Gasteiger partial charge in [0.15, 0.2) is 0 Å². The first-order valence-corrected chi connectivity index (χ1v) is 5.80. The summed E-state index contributed by atoms with van der Waals surface area (Å²) in [6, 6.07) is 0. The van der Waals surface area contributed by atoms with Crippen molar-refractivity contribution in [1.29, 1.82) is 0 Å². The van der Waals surface area contributed by atoms with Gasteiger partial charge in [-0.3, -0.25) is 4.18 Å². The normalized spacial score (nSPS) is 21.8. The van der Waals surface area contributed by atoms with Gasteiger partial charge in [0, 0.05) is 6.42 Å². The molecule has 0 heterocycles. The number of hydrogen-bond acceptors (Lipinski definition) is 4. The molecule has 1 saturated carbocycles. The van der Waals surface area contributed by atoms with Crippen LogP contribution in [0.5, 0.6) is 0 Å². The van der Waals surface area contributed by atoms with E-state index in [0.29, 0.717) is 6.42 Å². The summed E-state index contributed by atoms with van der Waals surface area (Å²) in [5.41, 5.74) is -0.648. The molecule has 1 N–H and O–H groups in total. The van der Waals surface area contributed by atoms with Crippen LogP contribution < -0.4 is 0 Å². The largest absolute Gasteiger partial charge is 0.390 e. The third-order valence-electron chi connectivity index (χ3n) is 2.15. The van der Waals surface area contributed by atoms with E-state index in [0.717, 1.165) is 25.5 Å². The first kappa shape index (κ1) is 9.95. The fourth-order valence-electron chi connectivity index (χ4n) is 1.22. The maximum absolute atomic E-state index is 10.5. The van der Waals surface area contributed by atoms with Gasteiger partial charge < -0.3 is 5.11 Å². The molecule has 0 saturated heterocycles. The van der Waals surface area contributed by atoms with Crippen molar-refractivity contribution in [2.75, 3.05) is 12.9 Å². The lowest BCUT2D eigenvalue weighted by atomic mass is 9.78. The summed E-state index contributed by atoms with van der Waals surface area (Å²) in [5, 5.41) is 9.53. The Morgan fingerprint density at radius 2 is 2.08 bits per heavy atom. The first-order chi connectivity index (χ1) is 5.41. The molecule has 12 heavy (non-hydrogen) atoms. The summed E-state index contributed by atoms with van der Waals surface area (Å²) in [6.45, 7) is 0.0926. The fraction of sp³-hybridized carbons (Fsp3) is 1.00. The van der Waals surface area contributed by atoms with E-state index in [1.54, 1.807) is 0 Å². The van der Waals surface area contributed by atoms with Crippen LogP contribution in [0.25, 0.3) is 0 Å². The van der Waals surface area contributed by atoms with Crippen LogP contribution in [0.2, 0.25) is 0 Å². The SMILES string of the molecule is CS(=O)(=O)OCCC1(O)CCC1. The maximum Gasteiger partial charge on any atom is 0.264 e. The topological polar surface area (TPSA) is 63.6 Å². The monoisotopic (exact) mass is 194 g/mol. The van der Waals surface area contributed by atoms with Gasteiger partial charge in [-0.15, -0.1) is 0 Å². The standard InChI is InChI=1S/C7H14O4S/c1-12(9,10)11-6-5-7(8)3-2-4-7/h8H,2-6H2,1H3. The molecule has 1 rings (SSSR count). The lowest BCUT2D eigenvalue weighted by molar-refractivity contribution is -0.0476. The first-order valence-electron chi connectivity index (χ1n) is 3.98. The molecule has 0 amide bonds. The predicted molar refractivity (Wildman–Crippen MR) is 44.2 cm³/mol. The van der Waals surface area contributed by atoms with Crippen molar-refractivity contribution in [1.82, 2.24) is 0 Å². The molecular formula is C7H14O4S. The van der Waals surface area contributed by atoms with Gasteiger partial charge in [-0.1, -0.05) is 0 Å². The second kappa shape index (κ2) is 3.32. The van der Waals surface area contributed by atoms with Crippen LogP contribution >= 0.6 is 0 Å². The van der Waals surface area contributed by atoms with Gasteiger partial charge in [0.05, 0.1) is 18.5 Å². The molecule has 0 radical (unpaired) electrons. The van der Waals surface area contributed by atoms with Crippen molar-refractivity contribution in [3.8, 4) is 0 Å². The van der Waals surface area contributed by atoms with E-state index in [9.17, 15) is 13.5 Å². The molecule has 4 nitrogen and oxygen atoms in total. The van der Waals surface area contributed by atoms with E-state index in [1.165, 1.54) is 0 Å². The van der Waals surface area contributed by atoms with Crippen molar-refractivity contribution in [3.63, 3.8) is 0 Å². The van der Waals surface area contributed by atoms with E-state index < -0.39 is 15.7 Å². The minimum absolute atomic E-state index is 0.0926. The summed E-state index contributed by atoms with van der Waals surface area (Å²) in [5.74, 6) is 0. The summed E-state index contributed by atoms with van der Waals surface area (Å²) >= 11 is 0. The minimum Gasteiger partial charge on any atom is -0.390 e. The van der Waals surface area contributed by atoms with Gasteiger partial charge in [-0.2, -0.15) is 8.42 Å². The summed E-state index contributed by atoms with van der Waals surface area (Å²) < 4.78 is 25.6. The van der Waals surface area contributed by atoms with Gasteiger partial charge in [-0.05, 0) is 19.3 Å². The summed E-state index contributed by atoms with van der Waals surface area (Å²) in [4.78, 5) is 0. The highest BCUT2D eigenvalue weighted by Gasteiger charge is 2.33.